The highest BCUT2D eigenvalue weighted by Crippen LogP contribution is 2.25. The van der Waals surface area contributed by atoms with Gasteiger partial charge in [-0.1, -0.05) is 24.3 Å². The van der Waals surface area contributed by atoms with Crippen molar-refractivity contribution in [1.29, 1.82) is 0 Å². The van der Waals surface area contributed by atoms with Gasteiger partial charge >= 0.3 is 5.97 Å². The SMILES string of the molecule is COC(=O)[C@@H](CO)NC(=O)c1ccc(-c2ccc(OCC3CCN(CC(C)(C)F)CC3)cc2)cc1. The van der Waals surface area contributed by atoms with Crippen LogP contribution in [0.25, 0.3) is 11.1 Å². The fourth-order valence-corrected chi connectivity index (χ4v) is 4.18. The number of likely N-dealkylation sites (tertiary alicyclic amines) is 1. The molecule has 2 aromatic carbocycles. The van der Waals surface area contributed by atoms with Crippen molar-refractivity contribution in [2.75, 3.05) is 40.0 Å². The quantitative estimate of drug-likeness (QED) is 0.500. The molecule has 0 saturated carbocycles. The highest BCUT2D eigenvalue weighted by Gasteiger charge is 2.25. The predicted octanol–water partition coefficient (Wildman–Crippen LogP) is 3.46. The van der Waals surface area contributed by atoms with Crippen LogP contribution in [0.2, 0.25) is 0 Å². The van der Waals surface area contributed by atoms with Gasteiger partial charge in [0.15, 0.2) is 6.04 Å². The summed E-state index contributed by atoms with van der Waals surface area (Å²) in [6, 6.07) is 13.7. The van der Waals surface area contributed by atoms with Crippen LogP contribution < -0.4 is 10.1 Å². The Morgan fingerprint density at radius 2 is 1.66 bits per heavy atom. The number of esters is 1. The highest BCUT2D eigenvalue weighted by molar-refractivity contribution is 5.97. The summed E-state index contributed by atoms with van der Waals surface area (Å²) >= 11 is 0. The van der Waals surface area contributed by atoms with Crippen molar-refractivity contribution >= 4 is 11.9 Å². The summed E-state index contributed by atoms with van der Waals surface area (Å²) in [4.78, 5) is 26.1. The van der Waals surface area contributed by atoms with Crippen molar-refractivity contribution < 1.29 is 28.6 Å². The molecule has 0 radical (unpaired) electrons. The molecule has 8 heteroatoms. The minimum Gasteiger partial charge on any atom is -0.493 e. The number of aliphatic hydroxyl groups is 1. The molecule has 1 amide bonds. The van der Waals surface area contributed by atoms with Crippen LogP contribution in [0.5, 0.6) is 5.75 Å². The number of ether oxygens (including phenoxy) is 2. The Labute approximate surface area is 206 Å². The first-order chi connectivity index (χ1) is 16.7. The average molecular weight is 487 g/mol. The third-order valence-electron chi connectivity index (χ3n) is 6.10. The summed E-state index contributed by atoms with van der Waals surface area (Å²) in [6.07, 6.45) is 2.01. The van der Waals surface area contributed by atoms with E-state index in [-0.39, 0.29) is 0 Å². The van der Waals surface area contributed by atoms with E-state index in [1.54, 1.807) is 26.0 Å². The molecule has 190 valence electrons. The second-order valence-corrected chi connectivity index (χ2v) is 9.58. The molecule has 7 nitrogen and oxygen atoms in total. The molecule has 2 N–H and O–H groups in total. The molecule has 0 aliphatic carbocycles. The van der Waals surface area contributed by atoms with E-state index in [4.69, 9.17) is 4.74 Å². The second-order valence-electron chi connectivity index (χ2n) is 9.58. The van der Waals surface area contributed by atoms with Crippen molar-refractivity contribution in [3.63, 3.8) is 0 Å². The Balaban J connectivity index is 1.49. The van der Waals surface area contributed by atoms with E-state index in [9.17, 15) is 19.1 Å². The molecule has 0 aromatic heterocycles. The molecule has 1 saturated heterocycles. The summed E-state index contributed by atoms with van der Waals surface area (Å²) in [5, 5.41) is 11.7. The molecule has 1 aliphatic rings. The van der Waals surface area contributed by atoms with Gasteiger partial charge in [0.1, 0.15) is 11.4 Å². The first kappa shape index (κ1) is 26.6. The van der Waals surface area contributed by atoms with Crippen molar-refractivity contribution in [3.8, 4) is 16.9 Å². The summed E-state index contributed by atoms with van der Waals surface area (Å²) in [7, 11) is 1.20. The van der Waals surface area contributed by atoms with Crippen LogP contribution in [-0.2, 0) is 9.53 Å². The first-order valence-corrected chi connectivity index (χ1v) is 11.9. The van der Waals surface area contributed by atoms with E-state index in [2.05, 4.69) is 15.0 Å². The number of halogens is 1. The molecule has 1 fully saturated rings. The monoisotopic (exact) mass is 486 g/mol. The largest absolute Gasteiger partial charge is 0.493 e. The third-order valence-corrected chi connectivity index (χ3v) is 6.10. The molecule has 0 spiro atoms. The minimum atomic E-state index is -1.16. The number of amides is 1. The number of methoxy groups -OCH3 is 1. The zero-order valence-corrected chi connectivity index (χ0v) is 20.6. The lowest BCUT2D eigenvalue weighted by Gasteiger charge is -2.34. The minimum absolute atomic E-state index is 0.372. The van der Waals surface area contributed by atoms with Gasteiger partial charge in [0.05, 0.1) is 20.3 Å². The molecule has 1 heterocycles. The molecule has 0 unspecified atom stereocenters. The van der Waals surface area contributed by atoms with Gasteiger partial charge in [-0.15, -0.1) is 0 Å². The van der Waals surface area contributed by atoms with Gasteiger partial charge in [0, 0.05) is 12.1 Å². The molecule has 0 bridgehead atoms. The van der Waals surface area contributed by atoms with Crippen LogP contribution >= 0.6 is 0 Å². The van der Waals surface area contributed by atoms with Crippen molar-refractivity contribution in [1.82, 2.24) is 10.2 Å². The van der Waals surface area contributed by atoms with Gasteiger partial charge in [-0.3, -0.25) is 4.79 Å². The lowest BCUT2D eigenvalue weighted by Crippen LogP contribution is -2.44. The third kappa shape index (κ3) is 8.04. The maximum atomic E-state index is 13.8. The zero-order valence-electron chi connectivity index (χ0n) is 20.6. The molecule has 3 rings (SSSR count). The van der Waals surface area contributed by atoms with E-state index >= 15 is 0 Å². The van der Waals surface area contributed by atoms with E-state index in [1.807, 2.05) is 36.4 Å². The number of rotatable bonds is 10. The smallest absolute Gasteiger partial charge is 0.330 e. The van der Waals surface area contributed by atoms with Crippen LogP contribution in [0.1, 0.15) is 37.0 Å². The Hall–Kier alpha value is -2.97. The lowest BCUT2D eigenvalue weighted by molar-refractivity contribution is -0.143. The Morgan fingerprint density at radius 1 is 1.09 bits per heavy atom. The molecule has 1 aliphatic heterocycles. The fraction of sp³-hybridized carbons (Fsp3) is 0.481. The van der Waals surface area contributed by atoms with Gasteiger partial charge in [-0.05, 0) is 81.1 Å². The zero-order chi connectivity index (χ0) is 25.4. The number of benzene rings is 2. The van der Waals surface area contributed by atoms with E-state index in [0.29, 0.717) is 24.6 Å². The summed E-state index contributed by atoms with van der Waals surface area (Å²) in [5.74, 6) is 0.0990. The van der Waals surface area contributed by atoms with Gasteiger partial charge in [-0.2, -0.15) is 0 Å². The highest BCUT2D eigenvalue weighted by atomic mass is 19.1. The van der Waals surface area contributed by atoms with Crippen molar-refractivity contribution in [3.05, 3.63) is 54.1 Å². The number of piperidine rings is 1. The Bertz CT molecular complexity index is 965. The topological polar surface area (TPSA) is 88.1 Å². The second kappa shape index (κ2) is 12.1. The Morgan fingerprint density at radius 3 is 2.17 bits per heavy atom. The van der Waals surface area contributed by atoms with Crippen LogP contribution in [0, 0.1) is 5.92 Å². The van der Waals surface area contributed by atoms with Crippen LogP contribution in [0.4, 0.5) is 4.39 Å². The van der Waals surface area contributed by atoms with Gasteiger partial charge < -0.3 is 24.8 Å². The van der Waals surface area contributed by atoms with Crippen molar-refractivity contribution in [2.24, 2.45) is 5.92 Å². The molecule has 2 aromatic rings. The van der Waals surface area contributed by atoms with Crippen molar-refractivity contribution in [2.45, 2.75) is 38.4 Å². The predicted molar refractivity (Wildman–Crippen MR) is 132 cm³/mol. The number of alkyl halides is 1. The number of aliphatic hydroxyl groups excluding tert-OH is 1. The maximum absolute atomic E-state index is 13.8. The molecular formula is C27H35FN2O5. The fourth-order valence-electron chi connectivity index (χ4n) is 4.18. The summed E-state index contributed by atoms with van der Waals surface area (Å²) in [5.41, 5.74) is 1.13. The number of carbonyl (C=O) groups is 2. The van der Waals surface area contributed by atoms with Gasteiger partial charge in [0.2, 0.25) is 0 Å². The number of carbonyl (C=O) groups excluding carboxylic acids is 2. The number of hydrogen-bond acceptors (Lipinski definition) is 6. The summed E-state index contributed by atoms with van der Waals surface area (Å²) < 4.78 is 24.4. The molecule has 35 heavy (non-hydrogen) atoms. The van der Waals surface area contributed by atoms with Gasteiger partial charge in [0.25, 0.3) is 5.91 Å². The standard InChI is InChI=1S/C27H35FN2O5/c1-27(2,28)18-30-14-12-19(13-15-30)17-35-23-10-8-21(9-11-23)20-4-6-22(7-5-20)25(32)29-24(16-31)26(33)34-3/h4-11,19,24,31H,12-18H2,1-3H3,(H,29,32)/t24-/m1/s1. The normalized spacial score (nSPS) is 15.9. The Kier molecular flexibility index (Phi) is 9.23. The number of nitrogens with one attached hydrogen (secondary N) is 1. The van der Waals surface area contributed by atoms with E-state index in [1.165, 1.54) is 7.11 Å². The van der Waals surface area contributed by atoms with Crippen LogP contribution in [0.15, 0.2) is 48.5 Å². The van der Waals surface area contributed by atoms with Crippen LogP contribution in [0.3, 0.4) is 0 Å². The maximum Gasteiger partial charge on any atom is 0.330 e. The lowest BCUT2D eigenvalue weighted by atomic mass is 9.97. The van der Waals surface area contributed by atoms with E-state index < -0.39 is 30.2 Å². The molecule has 1 atom stereocenters. The van der Waals surface area contributed by atoms with Crippen LogP contribution in [-0.4, -0.2) is 73.6 Å². The number of hydrogen-bond donors (Lipinski definition) is 2. The molecular weight excluding hydrogens is 451 g/mol. The average Bonchev–Trinajstić information content (AvgIpc) is 2.85. The van der Waals surface area contributed by atoms with E-state index in [0.717, 1.165) is 42.8 Å². The first-order valence-electron chi connectivity index (χ1n) is 11.9. The summed E-state index contributed by atoms with van der Waals surface area (Å²) in [6.45, 7) is 5.63. The van der Waals surface area contributed by atoms with Gasteiger partial charge in [-0.25, -0.2) is 9.18 Å². The number of nitrogens with zero attached hydrogens (tertiary/aromatic N) is 1.